The van der Waals surface area contributed by atoms with Gasteiger partial charge in [-0.3, -0.25) is 0 Å². The Morgan fingerprint density at radius 2 is 1.62 bits per heavy atom. The van der Waals surface area contributed by atoms with Crippen molar-refractivity contribution in [3.05, 3.63) is 81.6 Å². The summed E-state index contributed by atoms with van der Waals surface area (Å²) in [6.45, 7) is 4.91. The smallest absolute Gasteiger partial charge is 0.217 e. The molecule has 0 aliphatic rings. The second-order valence-electron chi connectivity index (χ2n) is 10.1. The van der Waals surface area contributed by atoms with Crippen molar-refractivity contribution in [2.75, 3.05) is 48.1 Å². The number of nitrogens with zero attached hydrogens (tertiary/aromatic N) is 3. The molecule has 0 radical (unpaired) electrons. The van der Waals surface area contributed by atoms with Gasteiger partial charge >= 0.3 is 0 Å². The van der Waals surface area contributed by atoms with Crippen LogP contribution in [-0.4, -0.2) is 68.0 Å². The Labute approximate surface area is 254 Å². The van der Waals surface area contributed by atoms with Crippen LogP contribution in [0.2, 0.25) is 0 Å². The van der Waals surface area contributed by atoms with Gasteiger partial charge in [-0.1, -0.05) is 28.1 Å². The topological polar surface area (TPSA) is 86.2 Å². The number of hydrogen-bond donors (Lipinski definition) is 1. The number of methoxy groups -OCH3 is 2. The van der Waals surface area contributed by atoms with E-state index in [9.17, 15) is 5.11 Å². The first-order valence-electron chi connectivity index (χ1n) is 13.8. The van der Waals surface area contributed by atoms with E-state index in [1.165, 1.54) is 14.2 Å². The number of benzene rings is 2. The molecule has 224 valence electrons. The van der Waals surface area contributed by atoms with Crippen molar-refractivity contribution < 1.29 is 28.4 Å². The Kier molecular flexibility index (Phi) is 10.2. The fraction of sp³-hybridized carbons (Fsp3) is 0.375. The number of aliphatic hydroxyl groups is 1. The van der Waals surface area contributed by atoms with Crippen LogP contribution in [0.5, 0.6) is 23.4 Å². The van der Waals surface area contributed by atoms with Crippen LogP contribution in [-0.2, 0) is 5.60 Å². The zero-order valence-electron chi connectivity index (χ0n) is 24.8. The van der Waals surface area contributed by atoms with Gasteiger partial charge in [0.25, 0.3) is 0 Å². The van der Waals surface area contributed by atoms with Crippen LogP contribution in [0.15, 0.2) is 59.1 Å². The van der Waals surface area contributed by atoms with Gasteiger partial charge in [0, 0.05) is 39.7 Å². The van der Waals surface area contributed by atoms with E-state index in [1.54, 1.807) is 30.3 Å². The van der Waals surface area contributed by atoms with Crippen molar-refractivity contribution in [1.82, 2.24) is 14.9 Å². The van der Waals surface area contributed by atoms with Gasteiger partial charge in [-0.2, -0.15) is 4.98 Å². The van der Waals surface area contributed by atoms with Crippen LogP contribution in [0, 0.1) is 5.82 Å². The molecule has 0 fully saturated rings. The summed E-state index contributed by atoms with van der Waals surface area (Å²) in [5.41, 5.74) is 0.158. The van der Waals surface area contributed by atoms with Crippen molar-refractivity contribution in [3.63, 3.8) is 0 Å². The quantitative estimate of drug-likeness (QED) is 0.182. The summed E-state index contributed by atoms with van der Waals surface area (Å²) >= 11 is 3.54. The molecule has 2 atom stereocenters. The molecule has 4 aromatic rings. The third kappa shape index (κ3) is 6.61. The van der Waals surface area contributed by atoms with Crippen LogP contribution in [0.25, 0.3) is 10.9 Å². The second kappa shape index (κ2) is 13.7. The van der Waals surface area contributed by atoms with Gasteiger partial charge < -0.3 is 29.0 Å². The highest BCUT2D eigenvalue weighted by atomic mass is 79.9. The van der Waals surface area contributed by atoms with E-state index in [-0.39, 0.29) is 23.6 Å². The van der Waals surface area contributed by atoms with Gasteiger partial charge in [0.15, 0.2) is 11.6 Å². The van der Waals surface area contributed by atoms with Crippen LogP contribution in [0.3, 0.4) is 0 Å². The lowest BCUT2D eigenvalue weighted by molar-refractivity contribution is 0.00224. The number of aromatic nitrogens is 2. The Bertz CT molecular complexity index is 1510. The molecule has 4 rings (SSSR count). The normalized spacial score (nSPS) is 13.6. The fourth-order valence-electron chi connectivity index (χ4n) is 5.13. The van der Waals surface area contributed by atoms with Crippen LogP contribution in [0.1, 0.15) is 42.9 Å². The molecule has 2 aromatic heterocycles. The lowest BCUT2D eigenvalue weighted by Gasteiger charge is -2.39. The first-order valence-corrected chi connectivity index (χ1v) is 14.6. The van der Waals surface area contributed by atoms with Crippen molar-refractivity contribution in [2.45, 2.75) is 31.8 Å². The summed E-state index contributed by atoms with van der Waals surface area (Å²) in [6, 6.07) is 15.9. The molecule has 0 amide bonds. The average Bonchev–Trinajstić information content (AvgIpc) is 2.97. The molecule has 0 aliphatic carbocycles. The van der Waals surface area contributed by atoms with E-state index in [0.717, 1.165) is 9.86 Å². The highest BCUT2D eigenvalue weighted by molar-refractivity contribution is 9.10. The molecule has 0 aliphatic heterocycles. The summed E-state index contributed by atoms with van der Waals surface area (Å²) < 4.78 is 39.9. The molecular weight excluding hydrogens is 605 g/mol. The third-order valence-corrected chi connectivity index (χ3v) is 7.57. The third-order valence-electron chi connectivity index (χ3n) is 7.08. The molecule has 2 aromatic carbocycles. The summed E-state index contributed by atoms with van der Waals surface area (Å²) in [7, 11) is 6.76. The number of halogens is 2. The average molecular weight is 643 g/mol. The lowest BCUT2D eigenvalue weighted by atomic mass is 9.71. The Morgan fingerprint density at radius 1 is 0.929 bits per heavy atom. The van der Waals surface area contributed by atoms with Gasteiger partial charge in [0.2, 0.25) is 17.6 Å². The summed E-state index contributed by atoms with van der Waals surface area (Å²) in [6.07, 6.45) is 0.210. The molecule has 1 N–H and O–H groups in total. The highest BCUT2D eigenvalue weighted by Gasteiger charge is 2.44. The Balaban J connectivity index is 2.11. The molecule has 0 saturated heterocycles. The predicted molar refractivity (Wildman–Crippen MR) is 164 cm³/mol. The summed E-state index contributed by atoms with van der Waals surface area (Å²) in [5, 5.41) is 13.8. The molecule has 2 unspecified atom stereocenters. The van der Waals surface area contributed by atoms with Gasteiger partial charge in [0.1, 0.15) is 5.60 Å². The molecule has 10 heteroatoms. The lowest BCUT2D eigenvalue weighted by Crippen LogP contribution is -2.38. The molecular formula is C32H37BrFN3O5. The van der Waals surface area contributed by atoms with Crippen LogP contribution >= 0.6 is 15.9 Å². The zero-order chi connectivity index (χ0) is 30.4. The maximum absolute atomic E-state index is 16.3. The van der Waals surface area contributed by atoms with E-state index in [0.29, 0.717) is 48.2 Å². The van der Waals surface area contributed by atoms with E-state index < -0.39 is 17.3 Å². The van der Waals surface area contributed by atoms with Crippen molar-refractivity contribution in [1.29, 1.82) is 0 Å². The Morgan fingerprint density at radius 3 is 2.21 bits per heavy atom. The standard InChI is InChI=1S/C32H37BrFN3O5/c1-7-41-27-18-21(19-28(36-27)42-8-2)32(38,14-15-37(3)4)29(23-10-9-11-26(39-5)30(23)34)24-17-20-16-22(33)12-13-25(20)35-31(24)40-6/h9-13,16-19,29,38H,7-8,14-15H2,1-6H3. The monoisotopic (exact) mass is 641 g/mol. The first-order chi connectivity index (χ1) is 20.1. The molecule has 2 heterocycles. The molecule has 8 nitrogen and oxygen atoms in total. The zero-order valence-corrected chi connectivity index (χ0v) is 26.4. The molecule has 42 heavy (non-hydrogen) atoms. The number of fused-ring (bicyclic) bond motifs is 1. The SMILES string of the molecule is CCOc1cc(C(O)(CCN(C)C)C(c2cc3cc(Br)ccc3nc2OC)c2cccc(OC)c2F)cc(OCC)n1. The fourth-order valence-corrected chi connectivity index (χ4v) is 5.51. The van der Waals surface area contributed by atoms with Crippen molar-refractivity contribution >= 4 is 26.8 Å². The minimum absolute atomic E-state index is 0.0580. The first kappa shape index (κ1) is 31.5. The maximum Gasteiger partial charge on any atom is 0.217 e. The summed E-state index contributed by atoms with van der Waals surface area (Å²) in [5.74, 6) is -0.677. The van der Waals surface area contributed by atoms with Crippen LogP contribution < -0.4 is 18.9 Å². The minimum atomic E-state index is -1.72. The van der Waals surface area contributed by atoms with E-state index in [2.05, 4.69) is 20.9 Å². The minimum Gasteiger partial charge on any atom is -0.494 e. The highest BCUT2D eigenvalue weighted by Crippen LogP contribution is 2.49. The number of pyridine rings is 2. The van der Waals surface area contributed by atoms with Crippen LogP contribution in [0.4, 0.5) is 4.39 Å². The Hall–Kier alpha value is -3.47. The van der Waals surface area contributed by atoms with E-state index in [4.69, 9.17) is 23.9 Å². The molecule has 0 bridgehead atoms. The van der Waals surface area contributed by atoms with Gasteiger partial charge in [-0.15, -0.1) is 0 Å². The molecule has 0 spiro atoms. The van der Waals surface area contributed by atoms with Gasteiger partial charge in [-0.05, 0) is 70.3 Å². The number of rotatable bonds is 13. The number of ether oxygens (including phenoxy) is 4. The predicted octanol–water partition coefficient (Wildman–Crippen LogP) is 6.32. The molecule has 0 saturated carbocycles. The van der Waals surface area contributed by atoms with Crippen molar-refractivity contribution in [2.24, 2.45) is 0 Å². The largest absolute Gasteiger partial charge is 0.494 e. The van der Waals surface area contributed by atoms with E-state index >= 15 is 4.39 Å². The van der Waals surface area contributed by atoms with Gasteiger partial charge in [0.05, 0.1) is 38.9 Å². The maximum atomic E-state index is 16.3. The van der Waals surface area contributed by atoms with Gasteiger partial charge in [-0.25, -0.2) is 9.37 Å². The summed E-state index contributed by atoms with van der Waals surface area (Å²) in [4.78, 5) is 11.2. The van der Waals surface area contributed by atoms with E-state index in [1.807, 2.05) is 57.1 Å². The second-order valence-corrected chi connectivity index (χ2v) is 11.0. The van der Waals surface area contributed by atoms with Crippen molar-refractivity contribution in [3.8, 4) is 23.4 Å². The number of hydrogen-bond acceptors (Lipinski definition) is 8.